The van der Waals surface area contributed by atoms with Crippen LogP contribution in [-0.4, -0.2) is 54.4 Å². The van der Waals surface area contributed by atoms with Gasteiger partial charge in [0, 0.05) is 24.9 Å². The molecule has 244 valence electrons. The van der Waals surface area contributed by atoms with Crippen LogP contribution in [0.3, 0.4) is 0 Å². The summed E-state index contributed by atoms with van der Waals surface area (Å²) < 4.78 is 51.3. The number of carboxylic acid groups (broad SMARTS) is 2. The number of alkyl halides is 3. The molecular weight excluding hydrogens is 587 g/mol. The Morgan fingerprint density at radius 3 is 2.09 bits per heavy atom. The number of aryl methyl sites for hydroxylation is 1. The number of halogens is 3. The molecule has 0 aliphatic carbocycles. The number of carboxylic acids is 2. The standard InChI is InChI=1S/C35H42F3NO6/c1-39(2)24-25-13-19-32(30(23-25)27-14-16-28(17-15-27)35(36,37)38)44-21-6-4-3-5-9-26-10-7-11-31(29(26)18-20-34(42)43)45-22-8-12-33(40)41/h7,10-11,13-17,19,23H,3-6,8-9,12,18,20-22,24H2,1-2H3,(H,40,41)(H,42,43). The molecule has 0 aliphatic rings. The fourth-order valence-electron chi connectivity index (χ4n) is 5.09. The summed E-state index contributed by atoms with van der Waals surface area (Å²) in [4.78, 5) is 24.1. The van der Waals surface area contributed by atoms with Crippen molar-refractivity contribution in [3.63, 3.8) is 0 Å². The van der Waals surface area contributed by atoms with Gasteiger partial charge in [-0.05, 0) is 98.8 Å². The third kappa shape index (κ3) is 12.1. The zero-order valence-corrected chi connectivity index (χ0v) is 25.9. The molecule has 0 unspecified atom stereocenters. The zero-order chi connectivity index (χ0) is 32.8. The molecule has 0 atom stereocenters. The van der Waals surface area contributed by atoms with Crippen molar-refractivity contribution >= 4 is 11.9 Å². The van der Waals surface area contributed by atoms with Crippen LogP contribution in [0.15, 0.2) is 60.7 Å². The van der Waals surface area contributed by atoms with Crippen LogP contribution in [0.25, 0.3) is 11.1 Å². The minimum atomic E-state index is -4.40. The normalized spacial score (nSPS) is 11.5. The van der Waals surface area contributed by atoms with Gasteiger partial charge in [0.1, 0.15) is 11.5 Å². The fraction of sp³-hybridized carbons (Fsp3) is 0.429. The maximum atomic E-state index is 13.1. The Morgan fingerprint density at radius 2 is 1.42 bits per heavy atom. The molecule has 0 fully saturated rings. The molecule has 0 bridgehead atoms. The number of aliphatic carboxylic acids is 2. The molecule has 45 heavy (non-hydrogen) atoms. The molecule has 0 aliphatic heterocycles. The second-order valence-corrected chi connectivity index (χ2v) is 11.3. The van der Waals surface area contributed by atoms with E-state index in [2.05, 4.69) is 0 Å². The Bertz CT molecular complexity index is 1390. The molecule has 10 heteroatoms. The van der Waals surface area contributed by atoms with E-state index in [0.29, 0.717) is 43.1 Å². The Hall–Kier alpha value is -4.05. The highest BCUT2D eigenvalue weighted by molar-refractivity contribution is 5.71. The quantitative estimate of drug-likeness (QED) is 0.130. The van der Waals surface area contributed by atoms with Crippen LogP contribution in [0.1, 0.15) is 67.2 Å². The molecule has 3 aromatic carbocycles. The van der Waals surface area contributed by atoms with Crippen LogP contribution < -0.4 is 9.47 Å². The van der Waals surface area contributed by atoms with Crippen molar-refractivity contribution in [2.45, 2.75) is 70.5 Å². The van der Waals surface area contributed by atoms with Crippen LogP contribution in [0.4, 0.5) is 13.2 Å². The fourth-order valence-corrected chi connectivity index (χ4v) is 5.09. The largest absolute Gasteiger partial charge is 0.493 e. The van der Waals surface area contributed by atoms with E-state index in [4.69, 9.17) is 14.6 Å². The average molecular weight is 630 g/mol. The van der Waals surface area contributed by atoms with Crippen molar-refractivity contribution in [1.82, 2.24) is 4.90 Å². The third-order valence-electron chi connectivity index (χ3n) is 7.28. The van der Waals surface area contributed by atoms with Crippen molar-refractivity contribution in [3.05, 3.63) is 82.9 Å². The molecule has 3 rings (SSSR count). The van der Waals surface area contributed by atoms with E-state index >= 15 is 0 Å². The highest BCUT2D eigenvalue weighted by Crippen LogP contribution is 2.35. The van der Waals surface area contributed by atoms with Crippen molar-refractivity contribution in [2.75, 3.05) is 27.3 Å². The minimum Gasteiger partial charge on any atom is -0.493 e. The lowest BCUT2D eigenvalue weighted by Gasteiger charge is -2.16. The Balaban J connectivity index is 1.56. The second kappa shape index (κ2) is 17.4. The minimum absolute atomic E-state index is 0.00595. The molecule has 0 amide bonds. The summed E-state index contributed by atoms with van der Waals surface area (Å²) in [5.74, 6) is -0.551. The van der Waals surface area contributed by atoms with Gasteiger partial charge in [-0.25, -0.2) is 0 Å². The van der Waals surface area contributed by atoms with Gasteiger partial charge in [0.05, 0.1) is 18.8 Å². The van der Waals surface area contributed by atoms with Crippen molar-refractivity contribution in [2.24, 2.45) is 0 Å². The molecule has 3 aromatic rings. The van der Waals surface area contributed by atoms with Gasteiger partial charge in [-0.1, -0.05) is 43.2 Å². The average Bonchev–Trinajstić information content (AvgIpc) is 2.98. The highest BCUT2D eigenvalue weighted by Gasteiger charge is 2.30. The summed E-state index contributed by atoms with van der Waals surface area (Å²) in [6, 6.07) is 16.6. The highest BCUT2D eigenvalue weighted by atomic mass is 19.4. The summed E-state index contributed by atoms with van der Waals surface area (Å²) in [6.07, 6.45) is 0.564. The number of carbonyl (C=O) groups is 2. The smallest absolute Gasteiger partial charge is 0.416 e. The van der Waals surface area contributed by atoms with E-state index < -0.39 is 23.7 Å². The van der Waals surface area contributed by atoms with Gasteiger partial charge in [0.25, 0.3) is 0 Å². The summed E-state index contributed by atoms with van der Waals surface area (Å²) in [5, 5.41) is 18.1. The maximum Gasteiger partial charge on any atom is 0.416 e. The SMILES string of the molecule is CN(C)Cc1ccc(OCCCCCCc2cccc(OCCCC(=O)O)c2CCC(=O)O)c(-c2ccc(C(F)(F)F)cc2)c1. The van der Waals surface area contributed by atoms with Crippen molar-refractivity contribution in [1.29, 1.82) is 0 Å². The summed E-state index contributed by atoms with van der Waals surface area (Å²) >= 11 is 0. The number of ether oxygens (including phenoxy) is 2. The van der Waals surface area contributed by atoms with Gasteiger partial charge in [-0.2, -0.15) is 13.2 Å². The molecular formula is C35H42F3NO6. The van der Waals surface area contributed by atoms with Gasteiger partial charge >= 0.3 is 18.1 Å². The van der Waals surface area contributed by atoms with E-state index in [0.717, 1.165) is 66.5 Å². The number of benzene rings is 3. The van der Waals surface area contributed by atoms with Crippen molar-refractivity contribution in [3.8, 4) is 22.6 Å². The van der Waals surface area contributed by atoms with Crippen LogP contribution in [-0.2, 0) is 35.2 Å². The van der Waals surface area contributed by atoms with E-state index in [1.54, 1.807) is 6.07 Å². The van der Waals surface area contributed by atoms with Crippen LogP contribution in [0.5, 0.6) is 11.5 Å². The summed E-state index contributed by atoms with van der Waals surface area (Å²) in [7, 11) is 3.91. The Labute approximate surface area is 262 Å². The molecule has 0 spiro atoms. The Morgan fingerprint density at radius 1 is 0.756 bits per heavy atom. The first-order valence-electron chi connectivity index (χ1n) is 15.2. The van der Waals surface area contributed by atoms with Crippen LogP contribution >= 0.6 is 0 Å². The van der Waals surface area contributed by atoms with E-state index in [-0.39, 0.29) is 19.4 Å². The summed E-state index contributed by atoms with van der Waals surface area (Å²) in [6.45, 7) is 1.39. The first-order valence-corrected chi connectivity index (χ1v) is 15.2. The van der Waals surface area contributed by atoms with Crippen LogP contribution in [0, 0.1) is 0 Å². The number of unbranched alkanes of at least 4 members (excludes halogenated alkanes) is 3. The molecule has 0 aromatic heterocycles. The van der Waals surface area contributed by atoms with Gasteiger partial charge < -0.3 is 24.6 Å². The van der Waals surface area contributed by atoms with Gasteiger partial charge in [0.15, 0.2) is 0 Å². The van der Waals surface area contributed by atoms with E-state index in [9.17, 15) is 27.9 Å². The summed E-state index contributed by atoms with van der Waals surface area (Å²) in [5.41, 5.74) is 3.63. The van der Waals surface area contributed by atoms with E-state index in [1.807, 2.05) is 49.3 Å². The lowest BCUT2D eigenvalue weighted by Crippen LogP contribution is -2.11. The number of hydrogen-bond donors (Lipinski definition) is 2. The molecule has 0 saturated carbocycles. The van der Waals surface area contributed by atoms with Gasteiger partial charge in [-0.3, -0.25) is 9.59 Å². The number of hydrogen-bond acceptors (Lipinski definition) is 5. The predicted octanol–water partition coefficient (Wildman–Crippen LogP) is 7.88. The van der Waals surface area contributed by atoms with E-state index in [1.165, 1.54) is 12.1 Å². The van der Waals surface area contributed by atoms with Crippen molar-refractivity contribution < 1.29 is 42.4 Å². The van der Waals surface area contributed by atoms with Gasteiger partial charge in [-0.15, -0.1) is 0 Å². The molecule has 2 N–H and O–H groups in total. The molecule has 0 heterocycles. The zero-order valence-electron chi connectivity index (χ0n) is 25.9. The topological polar surface area (TPSA) is 96.3 Å². The lowest BCUT2D eigenvalue weighted by atomic mass is 9.97. The molecule has 0 saturated heterocycles. The number of rotatable bonds is 19. The second-order valence-electron chi connectivity index (χ2n) is 11.3. The first-order chi connectivity index (χ1) is 21.4. The Kier molecular flexibility index (Phi) is 13.7. The monoisotopic (exact) mass is 629 g/mol. The molecule has 0 radical (unpaired) electrons. The first kappa shape index (κ1) is 35.4. The third-order valence-corrected chi connectivity index (χ3v) is 7.28. The maximum absolute atomic E-state index is 13.1. The van der Waals surface area contributed by atoms with Crippen LogP contribution in [0.2, 0.25) is 0 Å². The predicted molar refractivity (Wildman–Crippen MR) is 167 cm³/mol. The number of nitrogens with zero attached hydrogens (tertiary/aromatic N) is 1. The van der Waals surface area contributed by atoms with Gasteiger partial charge in [0.2, 0.25) is 0 Å². The molecule has 7 nitrogen and oxygen atoms in total. The lowest BCUT2D eigenvalue weighted by molar-refractivity contribution is -0.138.